The number of carbonyl (C=O) groups is 2. The first-order valence-corrected chi connectivity index (χ1v) is 11.5. The lowest BCUT2D eigenvalue weighted by Crippen LogP contribution is -2.45. The fraction of sp³-hybridized carbons (Fsp3) is 0.250. The highest BCUT2D eigenvalue weighted by Gasteiger charge is 2.56. The summed E-state index contributed by atoms with van der Waals surface area (Å²) >= 11 is 0. The lowest BCUT2D eigenvalue weighted by molar-refractivity contribution is -0.137. The van der Waals surface area contributed by atoms with Crippen LogP contribution in [0.5, 0.6) is 5.88 Å². The van der Waals surface area contributed by atoms with Crippen LogP contribution in [0.2, 0.25) is 0 Å². The van der Waals surface area contributed by atoms with E-state index in [-0.39, 0.29) is 59.4 Å². The molecule has 3 aromatic heterocycles. The van der Waals surface area contributed by atoms with E-state index in [1.165, 1.54) is 16.8 Å². The summed E-state index contributed by atoms with van der Waals surface area (Å²) < 4.78 is 41.2. The molecule has 0 bridgehead atoms. The second kappa shape index (κ2) is 8.47. The average molecular weight is 507 g/mol. The van der Waals surface area contributed by atoms with Crippen molar-refractivity contribution in [2.75, 3.05) is 18.5 Å². The van der Waals surface area contributed by atoms with Crippen LogP contribution in [0.25, 0.3) is 22.6 Å². The topological polar surface area (TPSA) is 133 Å². The van der Waals surface area contributed by atoms with Gasteiger partial charge in [-0.1, -0.05) is 18.2 Å². The molecule has 6 rings (SSSR count). The molecule has 2 aliphatic heterocycles. The summed E-state index contributed by atoms with van der Waals surface area (Å²) in [7, 11) is 0. The Labute approximate surface area is 207 Å². The Hall–Kier alpha value is -4.68. The lowest BCUT2D eigenvalue weighted by Gasteiger charge is -2.31. The Morgan fingerprint density at radius 3 is 2.95 bits per heavy atom. The standard InChI is InChI=1S/C24H19F2N7O4/c1-2-27-23(35)37-24-7-8-36-21-16(24)18(31-22(24)34)29-19(30-21)17-14-9-13(25)10-28-20(14)33(32-17)11-12-5-3-4-6-15(12)26/h3-6,9-10H,2,7-8,11H2,1H3,(H,27,35)(H,29,30,31,34)/t24-/m1/s1. The normalized spacial score (nSPS) is 17.8. The van der Waals surface area contributed by atoms with Gasteiger partial charge >= 0.3 is 6.09 Å². The molecule has 5 heterocycles. The van der Waals surface area contributed by atoms with E-state index < -0.39 is 29.2 Å². The number of nitrogens with one attached hydrogen (secondary N) is 2. The van der Waals surface area contributed by atoms with Crippen molar-refractivity contribution in [2.45, 2.75) is 25.5 Å². The van der Waals surface area contributed by atoms with Crippen LogP contribution in [0.3, 0.4) is 0 Å². The largest absolute Gasteiger partial charge is 0.477 e. The molecule has 0 saturated heterocycles. The number of fused-ring (bicyclic) bond motifs is 1. The molecule has 0 radical (unpaired) electrons. The van der Waals surface area contributed by atoms with Gasteiger partial charge in [-0.2, -0.15) is 10.1 Å². The smallest absolute Gasteiger partial charge is 0.408 e. The SMILES string of the molecule is CCNC(=O)O[C@]12CCOc3nc(-c4nn(Cc5ccccc5F)c5ncc(F)cc45)nc(c31)NC2=O. The number of benzene rings is 1. The van der Waals surface area contributed by atoms with E-state index in [0.29, 0.717) is 12.1 Å². The summed E-state index contributed by atoms with van der Waals surface area (Å²) in [5.41, 5.74) is -0.629. The second-order valence-corrected chi connectivity index (χ2v) is 8.50. The van der Waals surface area contributed by atoms with Crippen LogP contribution in [0.1, 0.15) is 24.5 Å². The van der Waals surface area contributed by atoms with Crippen molar-refractivity contribution in [3.63, 3.8) is 0 Å². The summed E-state index contributed by atoms with van der Waals surface area (Å²) in [5.74, 6) is -1.46. The highest BCUT2D eigenvalue weighted by atomic mass is 19.1. The quantitative estimate of drug-likeness (QED) is 0.421. The molecule has 2 N–H and O–H groups in total. The molecule has 11 nitrogen and oxygen atoms in total. The maximum atomic E-state index is 14.3. The zero-order chi connectivity index (χ0) is 25.7. The van der Waals surface area contributed by atoms with Crippen molar-refractivity contribution >= 4 is 28.9 Å². The minimum Gasteiger partial charge on any atom is -0.477 e. The first-order valence-electron chi connectivity index (χ1n) is 11.5. The Morgan fingerprint density at radius 2 is 2.14 bits per heavy atom. The van der Waals surface area contributed by atoms with E-state index in [9.17, 15) is 18.4 Å². The van der Waals surface area contributed by atoms with E-state index >= 15 is 0 Å². The molecule has 0 aliphatic carbocycles. The van der Waals surface area contributed by atoms with Crippen LogP contribution in [-0.4, -0.2) is 49.9 Å². The fourth-order valence-electron chi connectivity index (χ4n) is 4.54. The lowest BCUT2D eigenvalue weighted by atomic mass is 9.91. The van der Waals surface area contributed by atoms with Gasteiger partial charge in [0.25, 0.3) is 5.91 Å². The van der Waals surface area contributed by atoms with E-state index in [1.807, 2.05) is 0 Å². The number of alkyl carbamates (subject to hydrolysis) is 1. The number of aromatic nitrogens is 5. The number of ether oxygens (including phenoxy) is 2. The van der Waals surface area contributed by atoms with E-state index in [1.54, 1.807) is 25.1 Å². The second-order valence-electron chi connectivity index (χ2n) is 8.50. The van der Waals surface area contributed by atoms with Crippen LogP contribution >= 0.6 is 0 Å². The Balaban J connectivity index is 1.48. The Kier molecular flexibility index (Phi) is 5.21. The minimum atomic E-state index is -1.64. The molecule has 4 aromatic rings. The number of hydrogen-bond donors (Lipinski definition) is 2. The predicted molar refractivity (Wildman–Crippen MR) is 125 cm³/mol. The molecular weight excluding hydrogens is 488 g/mol. The number of amides is 2. The van der Waals surface area contributed by atoms with Crippen molar-refractivity contribution in [1.29, 1.82) is 0 Å². The van der Waals surface area contributed by atoms with Crippen molar-refractivity contribution in [3.8, 4) is 17.4 Å². The third-order valence-corrected chi connectivity index (χ3v) is 6.20. The van der Waals surface area contributed by atoms with Gasteiger partial charge in [-0.15, -0.1) is 0 Å². The highest BCUT2D eigenvalue weighted by Crippen LogP contribution is 2.48. The zero-order valence-electron chi connectivity index (χ0n) is 19.4. The van der Waals surface area contributed by atoms with Gasteiger partial charge in [0, 0.05) is 18.5 Å². The third-order valence-electron chi connectivity index (χ3n) is 6.20. The summed E-state index contributed by atoms with van der Waals surface area (Å²) in [6.45, 7) is 2.11. The monoisotopic (exact) mass is 507 g/mol. The first kappa shape index (κ1) is 22.8. The molecule has 1 aromatic carbocycles. The van der Waals surface area contributed by atoms with Crippen molar-refractivity contribution < 1.29 is 27.8 Å². The van der Waals surface area contributed by atoms with Gasteiger partial charge in [0.2, 0.25) is 11.5 Å². The average Bonchev–Trinajstić information content (AvgIpc) is 3.36. The van der Waals surface area contributed by atoms with Crippen LogP contribution in [-0.2, 0) is 21.7 Å². The molecule has 2 aliphatic rings. The third kappa shape index (κ3) is 3.61. The van der Waals surface area contributed by atoms with E-state index in [4.69, 9.17) is 9.47 Å². The number of anilines is 1. The summed E-state index contributed by atoms with van der Waals surface area (Å²) in [6, 6.07) is 7.44. The molecule has 0 unspecified atom stereocenters. The van der Waals surface area contributed by atoms with E-state index in [2.05, 4.69) is 30.7 Å². The molecule has 0 saturated carbocycles. The molecule has 13 heteroatoms. The zero-order valence-corrected chi connectivity index (χ0v) is 19.4. The van der Waals surface area contributed by atoms with Gasteiger partial charge in [-0.3, -0.25) is 4.79 Å². The predicted octanol–water partition coefficient (Wildman–Crippen LogP) is 2.89. The van der Waals surface area contributed by atoms with Crippen molar-refractivity contribution in [2.24, 2.45) is 0 Å². The van der Waals surface area contributed by atoms with Crippen molar-refractivity contribution in [3.05, 3.63) is 59.3 Å². The van der Waals surface area contributed by atoms with Crippen LogP contribution in [0, 0.1) is 11.6 Å². The number of nitrogens with zero attached hydrogens (tertiary/aromatic N) is 5. The van der Waals surface area contributed by atoms with Crippen molar-refractivity contribution in [1.82, 2.24) is 30.0 Å². The molecule has 188 valence electrons. The molecular formula is C24H19F2N7O4. The molecule has 37 heavy (non-hydrogen) atoms. The van der Waals surface area contributed by atoms with Crippen LogP contribution in [0.15, 0.2) is 36.5 Å². The van der Waals surface area contributed by atoms with Gasteiger partial charge in [0.1, 0.15) is 28.7 Å². The van der Waals surface area contributed by atoms with Gasteiger partial charge in [0.05, 0.1) is 24.7 Å². The molecule has 1 atom stereocenters. The maximum Gasteiger partial charge on any atom is 0.408 e. The minimum absolute atomic E-state index is 0.0226. The molecule has 0 fully saturated rings. The Morgan fingerprint density at radius 1 is 1.30 bits per heavy atom. The number of carbonyl (C=O) groups excluding carboxylic acids is 2. The number of pyridine rings is 1. The van der Waals surface area contributed by atoms with Crippen LogP contribution < -0.4 is 15.4 Å². The summed E-state index contributed by atoms with van der Waals surface area (Å²) in [5, 5.41) is 9.96. The molecule has 2 amide bonds. The van der Waals surface area contributed by atoms with Gasteiger partial charge in [-0.05, 0) is 19.1 Å². The first-order chi connectivity index (χ1) is 17.9. The summed E-state index contributed by atoms with van der Waals surface area (Å²) in [6.07, 6.45) is 0.352. The van der Waals surface area contributed by atoms with E-state index in [0.717, 1.165) is 6.20 Å². The number of halogens is 2. The van der Waals surface area contributed by atoms with Gasteiger partial charge < -0.3 is 20.1 Å². The highest BCUT2D eigenvalue weighted by molar-refractivity contribution is 6.06. The van der Waals surface area contributed by atoms with Gasteiger partial charge in [0.15, 0.2) is 11.5 Å². The molecule has 0 spiro atoms. The number of hydrogen-bond acceptors (Lipinski definition) is 8. The van der Waals surface area contributed by atoms with Gasteiger partial charge in [-0.25, -0.2) is 28.2 Å². The Bertz CT molecular complexity index is 1590. The summed E-state index contributed by atoms with van der Waals surface area (Å²) in [4.78, 5) is 38.3. The fourth-order valence-corrected chi connectivity index (χ4v) is 4.54. The maximum absolute atomic E-state index is 14.3. The van der Waals surface area contributed by atoms with Crippen LogP contribution in [0.4, 0.5) is 19.4 Å². The number of rotatable bonds is 5.